The fourth-order valence-electron chi connectivity index (χ4n) is 5.43. The maximum atomic E-state index is 12.6. The van der Waals surface area contributed by atoms with Crippen molar-refractivity contribution in [3.05, 3.63) is 106 Å². The van der Waals surface area contributed by atoms with Crippen molar-refractivity contribution in [1.29, 1.82) is 0 Å². The summed E-state index contributed by atoms with van der Waals surface area (Å²) in [5.41, 5.74) is 6.07. The number of pyridine rings is 1. The Labute approximate surface area is 254 Å². The molecule has 216 valence electrons. The molecule has 1 fully saturated rings. The zero-order valence-corrected chi connectivity index (χ0v) is 25.1. The Morgan fingerprint density at radius 1 is 1.07 bits per heavy atom. The third kappa shape index (κ3) is 5.48. The average Bonchev–Trinajstić information content (AvgIpc) is 3.48. The zero-order chi connectivity index (χ0) is 30.0. The number of halogens is 1. The van der Waals surface area contributed by atoms with Crippen LogP contribution in [0.25, 0.3) is 5.69 Å². The molecule has 4 aromatic rings. The van der Waals surface area contributed by atoms with E-state index in [0.717, 1.165) is 34.0 Å². The van der Waals surface area contributed by atoms with Gasteiger partial charge in [0.2, 0.25) is 5.91 Å². The lowest BCUT2D eigenvalue weighted by molar-refractivity contribution is -0.119. The molecule has 0 spiro atoms. The molecular weight excluding hydrogens is 574 g/mol. The third-order valence-electron chi connectivity index (χ3n) is 7.22. The molecule has 0 radical (unpaired) electrons. The Hall–Kier alpha value is -4.25. The van der Waals surface area contributed by atoms with Crippen LogP contribution in [0, 0.1) is 13.8 Å². The van der Waals surface area contributed by atoms with E-state index in [2.05, 4.69) is 26.3 Å². The topological polar surface area (TPSA) is 97.7 Å². The molecule has 0 unspecified atom stereocenters. The molecule has 0 aliphatic carbocycles. The Bertz CT molecular complexity index is 1660. The van der Waals surface area contributed by atoms with Gasteiger partial charge in [0, 0.05) is 30.4 Å². The van der Waals surface area contributed by atoms with Crippen LogP contribution in [-0.2, 0) is 14.3 Å². The van der Waals surface area contributed by atoms with Gasteiger partial charge >= 0.3 is 5.97 Å². The van der Waals surface area contributed by atoms with E-state index in [1.54, 1.807) is 24.4 Å². The molecule has 1 amide bonds. The van der Waals surface area contributed by atoms with E-state index < -0.39 is 5.97 Å². The third-order valence-corrected chi connectivity index (χ3v) is 7.84. The van der Waals surface area contributed by atoms with Gasteiger partial charge in [0.15, 0.2) is 5.11 Å². The molecule has 5 rings (SSSR count). The van der Waals surface area contributed by atoms with Crippen LogP contribution in [0.2, 0.25) is 5.02 Å². The monoisotopic (exact) mass is 603 g/mol. The molecule has 2 N–H and O–H groups in total. The van der Waals surface area contributed by atoms with Crippen molar-refractivity contribution in [2.45, 2.75) is 25.9 Å². The van der Waals surface area contributed by atoms with Crippen molar-refractivity contribution in [1.82, 2.24) is 14.9 Å². The summed E-state index contributed by atoms with van der Waals surface area (Å²) in [7, 11) is 2.83. The summed E-state index contributed by atoms with van der Waals surface area (Å²) in [6, 6.07) is 20.0. The summed E-state index contributed by atoms with van der Waals surface area (Å²) < 4.78 is 12.0. The number of nitrogens with zero attached hydrogens (tertiary/aromatic N) is 3. The molecule has 9 nitrogen and oxygen atoms in total. The first kappa shape index (κ1) is 29.2. The summed E-state index contributed by atoms with van der Waals surface area (Å²) in [5.74, 6) is -0.720. The zero-order valence-electron chi connectivity index (χ0n) is 23.6. The van der Waals surface area contributed by atoms with Crippen molar-refractivity contribution in [3.8, 4) is 5.69 Å². The maximum Gasteiger partial charge on any atom is 0.339 e. The highest BCUT2D eigenvalue weighted by molar-refractivity contribution is 7.80. The number of hydrogen-bond acceptors (Lipinski definition) is 6. The second-order valence-corrected chi connectivity index (χ2v) is 10.6. The largest absolute Gasteiger partial charge is 0.465 e. The van der Waals surface area contributed by atoms with E-state index in [0.29, 0.717) is 21.4 Å². The van der Waals surface area contributed by atoms with Crippen LogP contribution in [0.3, 0.4) is 0 Å². The highest BCUT2D eigenvalue weighted by Crippen LogP contribution is 2.45. The minimum atomic E-state index is -0.413. The van der Waals surface area contributed by atoms with Crippen molar-refractivity contribution in [3.63, 3.8) is 0 Å². The van der Waals surface area contributed by atoms with Crippen molar-refractivity contribution in [2.24, 2.45) is 0 Å². The first-order chi connectivity index (χ1) is 20.2. The smallest absolute Gasteiger partial charge is 0.339 e. The van der Waals surface area contributed by atoms with E-state index in [1.165, 1.54) is 14.2 Å². The Morgan fingerprint density at radius 2 is 1.83 bits per heavy atom. The minimum absolute atomic E-state index is 0.0826. The van der Waals surface area contributed by atoms with E-state index in [1.807, 2.05) is 61.2 Å². The first-order valence-corrected chi connectivity index (χ1v) is 14.0. The molecular formula is C31H30ClN5O4S. The predicted octanol–water partition coefficient (Wildman–Crippen LogP) is 5.69. The fraction of sp³-hybridized carbons (Fsp3) is 0.226. The number of carbonyl (C=O) groups excluding carboxylic acids is 2. The van der Waals surface area contributed by atoms with Crippen molar-refractivity contribution >= 4 is 52.2 Å². The van der Waals surface area contributed by atoms with Gasteiger partial charge in [-0.3, -0.25) is 9.78 Å². The average molecular weight is 604 g/mol. The Morgan fingerprint density at radius 3 is 2.52 bits per heavy atom. The number of para-hydroxylation sites is 1. The van der Waals surface area contributed by atoms with Gasteiger partial charge in [-0.25, -0.2) is 4.79 Å². The number of nitrogens with one attached hydrogen (secondary N) is 2. The number of rotatable bonds is 8. The number of amides is 1. The van der Waals surface area contributed by atoms with E-state index >= 15 is 0 Å². The van der Waals surface area contributed by atoms with Crippen LogP contribution in [-0.4, -0.2) is 47.4 Å². The summed E-state index contributed by atoms with van der Waals surface area (Å²) in [5, 5.41) is 7.09. The van der Waals surface area contributed by atoms with Gasteiger partial charge in [-0.2, -0.15) is 0 Å². The molecule has 0 saturated carbocycles. The van der Waals surface area contributed by atoms with Crippen LogP contribution in [0.1, 0.15) is 45.1 Å². The quantitative estimate of drug-likeness (QED) is 0.196. The number of thiocarbonyl (C=S) groups is 1. The summed E-state index contributed by atoms with van der Waals surface area (Å²) in [6.45, 7) is 3.94. The first-order valence-electron chi connectivity index (χ1n) is 13.2. The predicted molar refractivity (Wildman–Crippen MR) is 166 cm³/mol. The lowest BCUT2D eigenvalue weighted by atomic mass is 9.96. The standard InChI is InChI=1S/C31H30ClN5O4S/c1-18-15-22(19(2)36(18)26-11-6-5-9-21(26)30(39)41-4)29-28(25-10-7-8-14-33-25)35-31(42)37(29)20-12-13-24(23(32)16-20)34-27(38)17-40-3/h5-16,28-29H,17H2,1-4H3,(H,34,38)(H,35,42)/t28-,29+/m0/s1. The van der Waals surface area contributed by atoms with Crippen LogP contribution >= 0.6 is 23.8 Å². The number of hydrogen-bond donors (Lipinski definition) is 2. The molecule has 1 aliphatic rings. The van der Waals surface area contributed by atoms with Gasteiger partial charge in [-0.15, -0.1) is 0 Å². The lowest BCUT2D eigenvalue weighted by Gasteiger charge is -2.28. The van der Waals surface area contributed by atoms with E-state index in [4.69, 9.17) is 33.3 Å². The normalized spacial score (nSPS) is 16.3. The molecule has 0 bridgehead atoms. The van der Waals surface area contributed by atoms with Gasteiger partial charge in [0.1, 0.15) is 6.61 Å². The molecule has 1 aliphatic heterocycles. The van der Waals surface area contributed by atoms with Crippen LogP contribution in [0.5, 0.6) is 0 Å². The number of esters is 1. The molecule has 3 heterocycles. The van der Waals surface area contributed by atoms with Gasteiger partial charge < -0.3 is 29.6 Å². The Kier molecular flexibility index (Phi) is 8.58. The molecule has 42 heavy (non-hydrogen) atoms. The fourth-order valence-corrected chi connectivity index (χ4v) is 6.00. The maximum absolute atomic E-state index is 12.6. The second kappa shape index (κ2) is 12.3. The van der Waals surface area contributed by atoms with E-state index in [-0.39, 0.29) is 24.6 Å². The number of aryl methyl sites for hydroxylation is 1. The van der Waals surface area contributed by atoms with Crippen LogP contribution in [0.4, 0.5) is 11.4 Å². The Balaban J connectivity index is 1.63. The number of aromatic nitrogens is 2. The summed E-state index contributed by atoms with van der Waals surface area (Å²) >= 11 is 12.5. The summed E-state index contributed by atoms with van der Waals surface area (Å²) in [6.07, 6.45) is 1.75. The lowest BCUT2D eigenvalue weighted by Crippen LogP contribution is -2.29. The van der Waals surface area contributed by atoms with Crippen molar-refractivity contribution in [2.75, 3.05) is 31.0 Å². The van der Waals surface area contributed by atoms with Crippen molar-refractivity contribution < 1.29 is 19.1 Å². The van der Waals surface area contributed by atoms with Gasteiger partial charge in [0.05, 0.1) is 46.8 Å². The molecule has 2 aromatic carbocycles. The SMILES string of the molecule is COCC(=O)Nc1ccc(N2C(=S)N[C@@H](c3ccccn3)[C@H]2c2cc(C)n(-c3ccccc3C(=O)OC)c2C)cc1Cl. The van der Waals surface area contributed by atoms with E-state index in [9.17, 15) is 9.59 Å². The van der Waals surface area contributed by atoms with Crippen LogP contribution < -0.4 is 15.5 Å². The highest BCUT2D eigenvalue weighted by atomic mass is 35.5. The number of anilines is 2. The molecule has 2 atom stereocenters. The van der Waals surface area contributed by atoms with Crippen LogP contribution in [0.15, 0.2) is 72.9 Å². The summed E-state index contributed by atoms with van der Waals surface area (Å²) in [4.78, 5) is 31.4. The number of benzene rings is 2. The highest BCUT2D eigenvalue weighted by Gasteiger charge is 2.42. The molecule has 11 heteroatoms. The molecule has 1 saturated heterocycles. The van der Waals surface area contributed by atoms with Gasteiger partial charge in [0.25, 0.3) is 0 Å². The second-order valence-electron chi connectivity index (χ2n) is 9.81. The number of carbonyl (C=O) groups is 2. The molecule has 2 aromatic heterocycles. The van der Waals surface area contributed by atoms with Gasteiger partial charge in [-0.1, -0.05) is 29.8 Å². The number of methoxy groups -OCH3 is 2. The van der Waals surface area contributed by atoms with Gasteiger partial charge in [-0.05, 0) is 80.2 Å². The number of ether oxygens (including phenoxy) is 2. The minimum Gasteiger partial charge on any atom is -0.465 e.